The van der Waals surface area contributed by atoms with Crippen molar-refractivity contribution in [3.8, 4) is 0 Å². The van der Waals surface area contributed by atoms with Crippen molar-refractivity contribution in [2.45, 2.75) is 31.2 Å². The highest BCUT2D eigenvalue weighted by Crippen LogP contribution is 2.41. The smallest absolute Gasteiger partial charge is 0.0724 e. The lowest BCUT2D eigenvalue weighted by molar-refractivity contribution is 0.0940. The fraction of sp³-hybridized carbons (Fsp3) is 0.474. The topological polar surface area (TPSA) is 29.3 Å². The first-order valence-electron chi connectivity index (χ1n) is 8.24. The van der Waals surface area contributed by atoms with Crippen LogP contribution in [0.1, 0.15) is 31.2 Å². The molecule has 0 aromatic heterocycles. The van der Waals surface area contributed by atoms with E-state index in [1.54, 1.807) is 0 Å². The lowest BCUT2D eigenvalue weighted by atomic mass is 9.73. The molecule has 2 unspecified atom stereocenters. The van der Waals surface area contributed by atoms with Gasteiger partial charge >= 0.3 is 0 Å². The molecule has 0 spiro atoms. The van der Waals surface area contributed by atoms with Gasteiger partial charge in [-0.25, -0.2) is 0 Å². The summed E-state index contributed by atoms with van der Waals surface area (Å²) in [6.07, 6.45) is 14.3. The molecule has 2 N–H and O–H groups in total. The lowest BCUT2D eigenvalue weighted by Crippen LogP contribution is -2.52. The van der Waals surface area contributed by atoms with Gasteiger partial charge in [0.15, 0.2) is 0 Å². The molecule has 1 aliphatic heterocycles. The van der Waals surface area contributed by atoms with Crippen molar-refractivity contribution in [1.82, 2.24) is 4.90 Å². The molecule has 1 fully saturated rings. The number of benzene rings is 1. The second-order valence-corrected chi connectivity index (χ2v) is 6.18. The van der Waals surface area contributed by atoms with Crippen LogP contribution in [0.25, 0.3) is 0 Å². The van der Waals surface area contributed by atoms with E-state index in [1.807, 2.05) is 0 Å². The van der Waals surface area contributed by atoms with E-state index in [-0.39, 0.29) is 5.54 Å². The fourth-order valence-corrected chi connectivity index (χ4v) is 3.91. The van der Waals surface area contributed by atoms with E-state index < -0.39 is 0 Å². The van der Waals surface area contributed by atoms with Crippen molar-refractivity contribution >= 4 is 0 Å². The maximum atomic E-state index is 6.15. The minimum absolute atomic E-state index is 0.0604. The molecule has 112 valence electrons. The summed E-state index contributed by atoms with van der Waals surface area (Å²) >= 11 is 0. The number of hydrogen-bond donors (Lipinski definition) is 1. The molecule has 21 heavy (non-hydrogen) atoms. The molecule has 2 nitrogen and oxygen atoms in total. The monoisotopic (exact) mass is 282 g/mol. The molecule has 0 bridgehead atoms. The van der Waals surface area contributed by atoms with E-state index >= 15 is 0 Å². The van der Waals surface area contributed by atoms with E-state index in [0.717, 1.165) is 0 Å². The molecule has 0 amide bonds. The summed E-state index contributed by atoms with van der Waals surface area (Å²) in [5, 5.41) is 0. The van der Waals surface area contributed by atoms with Crippen LogP contribution in [0.5, 0.6) is 0 Å². The number of nitrogens with two attached hydrogens (primary N) is 1. The standard InChI is InChI=1S/C19H26N2/c20-16-18-12-6-7-13-19(18,17-10-4-3-5-11-17)21-14-8-1-2-9-15-21/h3-7,10-13,18H,1-2,8-9,14-16,20H2. The van der Waals surface area contributed by atoms with E-state index in [0.29, 0.717) is 12.5 Å². The summed E-state index contributed by atoms with van der Waals surface area (Å²) in [5.74, 6) is 0.350. The fourth-order valence-electron chi connectivity index (χ4n) is 3.91. The van der Waals surface area contributed by atoms with E-state index in [1.165, 1.54) is 44.3 Å². The molecule has 2 aliphatic rings. The molecule has 2 atom stereocenters. The van der Waals surface area contributed by atoms with Crippen LogP contribution in [0.15, 0.2) is 54.6 Å². The van der Waals surface area contributed by atoms with Gasteiger partial charge in [0.1, 0.15) is 0 Å². The normalized spacial score (nSPS) is 30.2. The van der Waals surface area contributed by atoms with Crippen molar-refractivity contribution in [3.63, 3.8) is 0 Å². The SMILES string of the molecule is NCC1C=CC=CC1(c1ccccc1)N1CCCCCC1. The van der Waals surface area contributed by atoms with Crippen LogP contribution in [-0.2, 0) is 5.54 Å². The highest BCUT2D eigenvalue weighted by molar-refractivity contribution is 5.37. The Bertz CT molecular complexity index is 498. The molecule has 1 aliphatic carbocycles. The molecular formula is C19H26N2. The maximum Gasteiger partial charge on any atom is 0.0724 e. The zero-order valence-electron chi connectivity index (χ0n) is 12.7. The second kappa shape index (κ2) is 6.59. The summed E-state index contributed by atoms with van der Waals surface area (Å²) in [6, 6.07) is 10.9. The van der Waals surface area contributed by atoms with Gasteiger partial charge in [-0.3, -0.25) is 4.90 Å². The molecule has 1 saturated heterocycles. The summed E-state index contributed by atoms with van der Waals surface area (Å²) in [7, 11) is 0. The Labute approximate surface area is 128 Å². The van der Waals surface area contributed by atoms with Crippen molar-refractivity contribution in [1.29, 1.82) is 0 Å². The number of nitrogens with zero attached hydrogens (tertiary/aromatic N) is 1. The zero-order chi connectivity index (χ0) is 14.5. The maximum absolute atomic E-state index is 6.15. The Morgan fingerprint density at radius 1 is 1.00 bits per heavy atom. The highest BCUT2D eigenvalue weighted by Gasteiger charge is 2.42. The number of rotatable bonds is 3. The van der Waals surface area contributed by atoms with Crippen LogP contribution in [0.2, 0.25) is 0 Å². The third-order valence-corrected chi connectivity index (χ3v) is 4.99. The Morgan fingerprint density at radius 3 is 2.38 bits per heavy atom. The third kappa shape index (κ3) is 2.70. The summed E-state index contributed by atoms with van der Waals surface area (Å²) in [5.41, 5.74) is 7.47. The van der Waals surface area contributed by atoms with Crippen molar-refractivity contribution in [2.75, 3.05) is 19.6 Å². The van der Waals surface area contributed by atoms with Gasteiger partial charge < -0.3 is 5.73 Å². The van der Waals surface area contributed by atoms with Crippen LogP contribution in [0.4, 0.5) is 0 Å². The summed E-state index contributed by atoms with van der Waals surface area (Å²) < 4.78 is 0. The van der Waals surface area contributed by atoms with E-state index in [2.05, 4.69) is 59.5 Å². The van der Waals surface area contributed by atoms with E-state index in [9.17, 15) is 0 Å². The number of hydrogen-bond acceptors (Lipinski definition) is 2. The van der Waals surface area contributed by atoms with Gasteiger partial charge in [0.2, 0.25) is 0 Å². The molecule has 3 rings (SSSR count). The van der Waals surface area contributed by atoms with Crippen molar-refractivity contribution in [3.05, 3.63) is 60.2 Å². The summed E-state index contributed by atoms with van der Waals surface area (Å²) in [4.78, 5) is 2.67. The van der Waals surface area contributed by atoms with Gasteiger partial charge in [0.25, 0.3) is 0 Å². The lowest BCUT2D eigenvalue weighted by Gasteiger charge is -2.47. The molecular weight excluding hydrogens is 256 g/mol. The average molecular weight is 282 g/mol. The molecule has 1 aromatic rings. The van der Waals surface area contributed by atoms with Gasteiger partial charge in [-0.15, -0.1) is 0 Å². The largest absolute Gasteiger partial charge is 0.330 e. The highest BCUT2D eigenvalue weighted by atomic mass is 15.2. The molecule has 1 heterocycles. The van der Waals surface area contributed by atoms with Crippen LogP contribution >= 0.6 is 0 Å². The van der Waals surface area contributed by atoms with Gasteiger partial charge in [-0.05, 0) is 31.5 Å². The van der Waals surface area contributed by atoms with Gasteiger partial charge in [0.05, 0.1) is 5.54 Å². The molecule has 0 radical (unpaired) electrons. The quantitative estimate of drug-likeness (QED) is 0.920. The Hall–Kier alpha value is -1.38. The molecule has 2 heteroatoms. The first-order chi connectivity index (χ1) is 10.4. The van der Waals surface area contributed by atoms with Gasteiger partial charge in [-0.2, -0.15) is 0 Å². The van der Waals surface area contributed by atoms with E-state index in [4.69, 9.17) is 5.73 Å². The second-order valence-electron chi connectivity index (χ2n) is 6.18. The van der Waals surface area contributed by atoms with Crippen molar-refractivity contribution in [2.24, 2.45) is 11.7 Å². The summed E-state index contributed by atoms with van der Waals surface area (Å²) in [6.45, 7) is 3.03. The van der Waals surface area contributed by atoms with Crippen LogP contribution in [0, 0.1) is 5.92 Å². The first-order valence-corrected chi connectivity index (χ1v) is 8.24. The van der Waals surface area contributed by atoms with Gasteiger partial charge in [0, 0.05) is 12.5 Å². The minimum Gasteiger partial charge on any atom is -0.330 e. The van der Waals surface area contributed by atoms with Crippen LogP contribution in [0.3, 0.4) is 0 Å². The number of likely N-dealkylation sites (tertiary alicyclic amines) is 1. The Kier molecular flexibility index (Phi) is 4.57. The van der Waals surface area contributed by atoms with Gasteiger partial charge in [-0.1, -0.05) is 67.5 Å². The minimum atomic E-state index is -0.0604. The number of allylic oxidation sites excluding steroid dienone is 2. The Morgan fingerprint density at radius 2 is 1.71 bits per heavy atom. The van der Waals surface area contributed by atoms with Crippen LogP contribution in [-0.4, -0.2) is 24.5 Å². The molecule has 0 saturated carbocycles. The van der Waals surface area contributed by atoms with Crippen LogP contribution < -0.4 is 5.73 Å². The predicted octanol–water partition coefficient (Wildman–Crippen LogP) is 3.46. The predicted molar refractivity (Wildman–Crippen MR) is 89.0 cm³/mol. The van der Waals surface area contributed by atoms with Crippen molar-refractivity contribution < 1.29 is 0 Å². The average Bonchev–Trinajstić information content (AvgIpc) is 2.85. The first kappa shape index (κ1) is 14.6. The zero-order valence-corrected chi connectivity index (χ0v) is 12.7. The Balaban J connectivity index is 2.05. The molecule has 1 aromatic carbocycles. The third-order valence-electron chi connectivity index (χ3n) is 4.99.